The van der Waals surface area contributed by atoms with E-state index in [1.165, 1.54) is 18.9 Å². The van der Waals surface area contributed by atoms with Gasteiger partial charge >= 0.3 is 5.97 Å². The van der Waals surface area contributed by atoms with Crippen LogP contribution in [0.2, 0.25) is 0 Å². The van der Waals surface area contributed by atoms with Crippen molar-refractivity contribution in [2.45, 2.75) is 52.1 Å². The molecule has 3 heteroatoms. The van der Waals surface area contributed by atoms with Gasteiger partial charge in [-0.25, -0.2) is 4.79 Å². The molecule has 0 spiro atoms. The number of esters is 1. The summed E-state index contributed by atoms with van der Waals surface area (Å²) in [7, 11) is 0. The molecule has 0 aliphatic carbocycles. The largest absolute Gasteiger partial charge is 0.459 e. The molecule has 0 saturated heterocycles. The fourth-order valence-corrected chi connectivity index (χ4v) is 1.28. The van der Waals surface area contributed by atoms with Crippen molar-refractivity contribution in [3.05, 3.63) is 12.2 Å². The standard InChI is InChI=1S/C12H19NO2/c1-3-5-6-8-11(4-2)15-12(14)9-7-10-13/h7,9,11H,3-6,8H2,1-2H3. The first kappa shape index (κ1) is 13.7. The van der Waals surface area contributed by atoms with Crippen LogP contribution in [0.5, 0.6) is 0 Å². The Morgan fingerprint density at radius 2 is 2.20 bits per heavy atom. The number of nitrogens with zero attached hydrogens (tertiary/aromatic N) is 1. The summed E-state index contributed by atoms with van der Waals surface area (Å²) in [5.74, 6) is -0.417. The van der Waals surface area contributed by atoms with Crippen LogP contribution >= 0.6 is 0 Å². The van der Waals surface area contributed by atoms with Crippen molar-refractivity contribution in [2.75, 3.05) is 0 Å². The number of allylic oxidation sites excluding steroid dienone is 1. The third-order valence-electron chi connectivity index (χ3n) is 2.16. The van der Waals surface area contributed by atoms with Gasteiger partial charge in [-0.05, 0) is 19.3 Å². The lowest BCUT2D eigenvalue weighted by Gasteiger charge is -2.14. The third-order valence-corrected chi connectivity index (χ3v) is 2.16. The summed E-state index contributed by atoms with van der Waals surface area (Å²) in [4.78, 5) is 11.1. The first-order chi connectivity index (χ1) is 7.24. The number of unbranched alkanes of at least 4 members (excludes halogenated alkanes) is 2. The second kappa shape index (κ2) is 9.26. The van der Waals surface area contributed by atoms with Gasteiger partial charge in [-0.2, -0.15) is 5.26 Å². The van der Waals surface area contributed by atoms with Crippen LogP contribution < -0.4 is 0 Å². The molecular weight excluding hydrogens is 190 g/mol. The number of carbonyl (C=O) groups is 1. The molecule has 0 rings (SSSR count). The Morgan fingerprint density at radius 1 is 1.47 bits per heavy atom. The molecule has 0 aromatic rings. The molecule has 3 nitrogen and oxygen atoms in total. The maximum absolute atomic E-state index is 11.1. The molecule has 15 heavy (non-hydrogen) atoms. The zero-order valence-electron chi connectivity index (χ0n) is 9.53. The van der Waals surface area contributed by atoms with E-state index < -0.39 is 5.97 Å². The topological polar surface area (TPSA) is 50.1 Å². The zero-order chi connectivity index (χ0) is 11.5. The summed E-state index contributed by atoms with van der Waals surface area (Å²) in [6.07, 6.45) is 7.47. The maximum atomic E-state index is 11.1. The summed E-state index contributed by atoms with van der Waals surface area (Å²) >= 11 is 0. The molecule has 0 aliphatic heterocycles. The van der Waals surface area contributed by atoms with E-state index in [0.29, 0.717) is 0 Å². The lowest BCUT2D eigenvalue weighted by molar-refractivity contribution is -0.143. The van der Waals surface area contributed by atoms with Gasteiger partial charge in [0, 0.05) is 12.2 Å². The molecule has 0 aromatic carbocycles. The fraction of sp³-hybridized carbons (Fsp3) is 0.667. The first-order valence-electron chi connectivity index (χ1n) is 5.51. The van der Waals surface area contributed by atoms with E-state index in [1.807, 2.05) is 6.92 Å². The van der Waals surface area contributed by atoms with Crippen molar-refractivity contribution >= 4 is 5.97 Å². The molecule has 0 aliphatic rings. The number of ether oxygens (including phenoxy) is 1. The van der Waals surface area contributed by atoms with Gasteiger partial charge in [0.25, 0.3) is 0 Å². The molecule has 0 heterocycles. The normalized spacial score (nSPS) is 12.3. The monoisotopic (exact) mass is 209 g/mol. The van der Waals surface area contributed by atoms with Gasteiger partial charge in [0.05, 0.1) is 6.07 Å². The highest BCUT2D eigenvalue weighted by molar-refractivity contribution is 5.82. The van der Waals surface area contributed by atoms with Gasteiger partial charge in [-0.15, -0.1) is 0 Å². The summed E-state index contributed by atoms with van der Waals surface area (Å²) in [6.45, 7) is 4.14. The Kier molecular flexibility index (Phi) is 8.46. The Morgan fingerprint density at radius 3 is 2.73 bits per heavy atom. The van der Waals surface area contributed by atoms with E-state index >= 15 is 0 Å². The molecule has 0 saturated carbocycles. The highest BCUT2D eigenvalue weighted by Gasteiger charge is 2.09. The Balaban J connectivity index is 3.83. The second-order valence-electron chi connectivity index (χ2n) is 3.43. The van der Waals surface area contributed by atoms with Gasteiger partial charge in [-0.3, -0.25) is 0 Å². The Hall–Kier alpha value is -1.30. The van der Waals surface area contributed by atoms with Crippen molar-refractivity contribution in [1.82, 2.24) is 0 Å². The van der Waals surface area contributed by atoms with E-state index in [2.05, 4.69) is 6.92 Å². The lowest BCUT2D eigenvalue weighted by atomic mass is 10.1. The minimum Gasteiger partial charge on any atom is -0.459 e. The van der Waals surface area contributed by atoms with Gasteiger partial charge in [0.15, 0.2) is 0 Å². The minimum atomic E-state index is -0.417. The lowest BCUT2D eigenvalue weighted by Crippen LogP contribution is -2.15. The van der Waals surface area contributed by atoms with Crippen LogP contribution in [-0.2, 0) is 9.53 Å². The van der Waals surface area contributed by atoms with Crippen molar-refractivity contribution in [1.29, 1.82) is 5.26 Å². The smallest absolute Gasteiger partial charge is 0.331 e. The predicted molar refractivity (Wildman–Crippen MR) is 59.1 cm³/mol. The van der Waals surface area contributed by atoms with E-state index in [4.69, 9.17) is 10.00 Å². The molecular formula is C12H19NO2. The van der Waals surface area contributed by atoms with Crippen molar-refractivity contribution in [3.8, 4) is 6.07 Å². The highest BCUT2D eigenvalue weighted by atomic mass is 16.5. The predicted octanol–water partition coefficient (Wildman–Crippen LogP) is 2.97. The van der Waals surface area contributed by atoms with Gasteiger partial charge in [0.2, 0.25) is 0 Å². The summed E-state index contributed by atoms with van der Waals surface area (Å²) < 4.78 is 5.17. The fourth-order valence-electron chi connectivity index (χ4n) is 1.28. The number of hydrogen-bond donors (Lipinski definition) is 0. The highest BCUT2D eigenvalue weighted by Crippen LogP contribution is 2.10. The quantitative estimate of drug-likeness (QED) is 0.280. The van der Waals surface area contributed by atoms with Crippen LogP contribution in [0.4, 0.5) is 0 Å². The Bertz CT molecular complexity index is 240. The number of nitriles is 1. The van der Waals surface area contributed by atoms with Gasteiger partial charge in [-0.1, -0.05) is 26.7 Å². The number of carbonyl (C=O) groups excluding carboxylic acids is 1. The molecule has 0 aromatic heterocycles. The minimum absolute atomic E-state index is 0.00704. The molecule has 1 atom stereocenters. The van der Waals surface area contributed by atoms with Crippen molar-refractivity contribution < 1.29 is 9.53 Å². The van der Waals surface area contributed by atoms with Crippen LogP contribution in [0.3, 0.4) is 0 Å². The van der Waals surface area contributed by atoms with E-state index in [0.717, 1.165) is 25.3 Å². The summed E-state index contributed by atoms with van der Waals surface area (Å²) in [5.41, 5.74) is 0. The van der Waals surface area contributed by atoms with Crippen molar-refractivity contribution in [3.63, 3.8) is 0 Å². The van der Waals surface area contributed by atoms with Crippen LogP contribution in [0.1, 0.15) is 46.0 Å². The van der Waals surface area contributed by atoms with Crippen molar-refractivity contribution in [2.24, 2.45) is 0 Å². The maximum Gasteiger partial charge on any atom is 0.331 e. The molecule has 84 valence electrons. The van der Waals surface area contributed by atoms with Gasteiger partial charge in [0.1, 0.15) is 6.10 Å². The third kappa shape index (κ3) is 7.75. The van der Waals surface area contributed by atoms with Gasteiger partial charge < -0.3 is 4.74 Å². The number of hydrogen-bond acceptors (Lipinski definition) is 3. The molecule has 0 fully saturated rings. The van der Waals surface area contributed by atoms with E-state index in [9.17, 15) is 4.79 Å². The molecule has 0 N–H and O–H groups in total. The van der Waals surface area contributed by atoms with E-state index in [1.54, 1.807) is 6.07 Å². The second-order valence-corrected chi connectivity index (χ2v) is 3.43. The molecule has 0 bridgehead atoms. The van der Waals surface area contributed by atoms with Crippen LogP contribution in [0, 0.1) is 11.3 Å². The average Bonchev–Trinajstić information content (AvgIpc) is 2.25. The number of rotatable bonds is 7. The van der Waals surface area contributed by atoms with E-state index in [-0.39, 0.29) is 6.10 Å². The molecule has 0 amide bonds. The first-order valence-corrected chi connectivity index (χ1v) is 5.51. The average molecular weight is 209 g/mol. The zero-order valence-corrected chi connectivity index (χ0v) is 9.53. The molecule has 1 unspecified atom stereocenters. The summed E-state index contributed by atoms with van der Waals surface area (Å²) in [5, 5.41) is 8.24. The van der Waals surface area contributed by atoms with Crippen LogP contribution in [0.25, 0.3) is 0 Å². The SMILES string of the molecule is CCCCCC(CC)OC(=O)C=CC#N. The Labute approximate surface area is 91.7 Å². The van der Waals surface area contributed by atoms with Crippen LogP contribution in [-0.4, -0.2) is 12.1 Å². The molecule has 0 radical (unpaired) electrons. The van der Waals surface area contributed by atoms with Crippen LogP contribution in [0.15, 0.2) is 12.2 Å². The summed E-state index contributed by atoms with van der Waals surface area (Å²) in [6, 6.07) is 1.76.